The number of fused-ring (bicyclic) bond motifs is 1. The van der Waals surface area contributed by atoms with E-state index in [-0.39, 0.29) is 11.9 Å². The summed E-state index contributed by atoms with van der Waals surface area (Å²) in [4.78, 5) is 16.4. The van der Waals surface area contributed by atoms with Crippen molar-refractivity contribution in [3.05, 3.63) is 16.0 Å². The molecule has 1 saturated heterocycles. The van der Waals surface area contributed by atoms with Gasteiger partial charge in [0.25, 0.3) is 0 Å². The summed E-state index contributed by atoms with van der Waals surface area (Å²) in [7, 11) is 0. The smallest absolute Gasteiger partial charge is 0.242 e. The Morgan fingerprint density at radius 1 is 1.24 bits per heavy atom. The van der Waals surface area contributed by atoms with E-state index in [1.807, 2.05) is 6.92 Å². The molecule has 25 heavy (non-hydrogen) atoms. The summed E-state index contributed by atoms with van der Waals surface area (Å²) in [5.41, 5.74) is 1.90. The van der Waals surface area contributed by atoms with Gasteiger partial charge < -0.3 is 5.32 Å². The maximum Gasteiger partial charge on any atom is 0.242 e. The Morgan fingerprint density at radius 2 is 1.92 bits per heavy atom. The van der Waals surface area contributed by atoms with Crippen molar-refractivity contribution in [2.45, 2.75) is 65.3 Å². The third-order valence-corrected chi connectivity index (χ3v) is 6.80. The van der Waals surface area contributed by atoms with Crippen LogP contribution in [0, 0.1) is 23.2 Å². The van der Waals surface area contributed by atoms with Crippen molar-refractivity contribution < 1.29 is 4.79 Å². The second-order valence-corrected chi connectivity index (χ2v) is 9.05. The third-order valence-electron chi connectivity index (χ3n) is 5.59. The highest BCUT2D eigenvalue weighted by atomic mass is 32.1. The van der Waals surface area contributed by atoms with Gasteiger partial charge >= 0.3 is 0 Å². The second-order valence-electron chi connectivity index (χ2n) is 7.95. The molecule has 1 fully saturated rings. The minimum absolute atomic E-state index is 0.0224. The molecule has 5 heteroatoms. The molecule has 136 valence electrons. The molecule has 0 bridgehead atoms. The molecule has 0 spiro atoms. The molecule has 4 nitrogen and oxygen atoms in total. The fourth-order valence-corrected chi connectivity index (χ4v) is 5.60. The number of piperidine rings is 1. The van der Waals surface area contributed by atoms with E-state index in [1.54, 1.807) is 11.3 Å². The van der Waals surface area contributed by atoms with E-state index in [4.69, 9.17) is 0 Å². The molecule has 3 rings (SSSR count). The summed E-state index contributed by atoms with van der Waals surface area (Å²) in [5, 5.41) is 13.5. The Bertz CT molecular complexity index is 665. The Balaban J connectivity index is 1.73. The van der Waals surface area contributed by atoms with Crippen LogP contribution in [0.1, 0.15) is 62.5 Å². The van der Waals surface area contributed by atoms with Gasteiger partial charge in [-0.25, -0.2) is 0 Å². The molecule has 1 N–H and O–H groups in total. The standard InChI is InChI=1S/C20H29N3OS/c1-13-9-14(2)12-23(11-13)15(3)19(24)22-20-17(10-21)16-7-5-4-6-8-18(16)25-20/h13-15H,4-9,11-12H2,1-3H3,(H,22,24)/t13-,14+,15-/m0/s1. The number of amides is 1. The van der Waals surface area contributed by atoms with Gasteiger partial charge in [0.05, 0.1) is 11.6 Å². The molecule has 1 aliphatic carbocycles. The van der Waals surface area contributed by atoms with Gasteiger partial charge in [0, 0.05) is 18.0 Å². The molecule has 0 unspecified atom stereocenters. The summed E-state index contributed by atoms with van der Waals surface area (Å²) in [6.07, 6.45) is 6.82. The second kappa shape index (κ2) is 7.88. The molecular weight excluding hydrogens is 330 g/mol. The Kier molecular flexibility index (Phi) is 5.81. The Morgan fingerprint density at radius 3 is 2.60 bits per heavy atom. The third kappa shape index (κ3) is 4.07. The van der Waals surface area contributed by atoms with Crippen LogP contribution in [0.25, 0.3) is 0 Å². The average molecular weight is 360 g/mol. The molecule has 2 heterocycles. The summed E-state index contributed by atoms with van der Waals surface area (Å²) < 4.78 is 0. The van der Waals surface area contributed by atoms with Gasteiger partial charge in [-0.3, -0.25) is 9.69 Å². The monoisotopic (exact) mass is 359 g/mol. The molecular formula is C20H29N3OS. The molecule has 0 aromatic carbocycles. The lowest BCUT2D eigenvalue weighted by molar-refractivity contribution is -0.121. The normalized spacial score (nSPS) is 25.5. The summed E-state index contributed by atoms with van der Waals surface area (Å²) in [6.45, 7) is 8.47. The fourth-order valence-electron chi connectivity index (χ4n) is 4.36. The predicted octanol–water partition coefficient (Wildman–Crippen LogP) is 4.19. The van der Waals surface area contributed by atoms with Crippen LogP contribution in [-0.2, 0) is 17.6 Å². The number of likely N-dealkylation sites (tertiary alicyclic amines) is 1. The molecule has 0 radical (unpaired) electrons. The minimum Gasteiger partial charge on any atom is -0.315 e. The van der Waals surface area contributed by atoms with E-state index in [0.29, 0.717) is 17.4 Å². The fraction of sp³-hybridized carbons (Fsp3) is 0.700. The molecule has 2 aliphatic rings. The topological polar surface area (TPSA) is 56.1 Å². The van der Waals surface area contributed by atoms with Crippen LogP contribution in [0.4, 0.5) is 5.00 Å². The van der Waals surface area contributed by atoms with E-state index in [9.17, 15) is 10.1 Å². The number of carbonyl (C=O) groups is 1. The lowest BCUT2D eigenvalue weighted by Gasteiger charge is -2.38. The van der Waals surface area contributed by atoms with Crippen molar-refractivity contribution in [1.29, 1.82) is 5.26 Å². The van der Waals surface area contributed by atoms with Crippen molar-refractivity contribution in [2.24, 2.45) is 11.8 Å². The van der Waals surface area contributed by atoms with Gasteiger partial charge in [0.15, 0.2) is 0 Å². The van der Waals surface area contributed by atoms with Crippen molar-refractivity contribution >= 4 is 22.2 Å². The van der Waals surface area contributed by atoms with Crippen LogP contribution >= 0.6 is 11.3 Å². The Labute approximate surface area is 155 Å². The van der Waals surface area contributed by atoms with Crippen molar-refractivity contribution in [3.8, 4) is 6.07 Å². The first kappa shape index (κ1) is 18.4. The number of aryl methyl sites for hydroxylation is 1. The van der Waals surface area contributed by atoms with Crippen LogP contribution in [0.15, 0.2) is 0 Å². The highest BCUT2D eigenvalue weighted by Crippen LogP contribution is 2.37. The number of anilines is 1. The minimum atomic E-state index is -0.154. The number of hydrogen-bond acceptors (Lipinski definition) is 4. The van der Waals surface area contributed by atoms with Crippen molar-refractivity contribution in [3.63, 3.8) is 0 Å². The van der Waals surface area contributed by atoms with Crippen LogP contribution in [0.3, 0.4) is 0 Å². The zero-order chi connectivity index (χ0) is 18.0. The van der Waals surface area contributed by atoms with Gasteiger partial charge in [-0.2, -0.15) is 5.26 Å². The number of thiophene rings is 1. The summed E-state index contributed by atoms with van der Waals surface area (Å²) in [5.74, 6) is 1.28. The average Bonchev–Trinajstić information content (AvgIpc) is 2.73. The summed E-state index contributed by atoms with van der Waals surface area (Å²) in [6, 6.07) is 2.20. The zero-order valence-electron chi connectivity index (χ0n) is 15.6. The van der Waals surface area contributed by atoms with Gasteiger partial charge in [0.2, 0.25) is 5.91 Å². The molecule has 1 aromatic heterocycles. The van der Waals surface area contributed by atoms with Crippen molar-refractivity contribution in [2.75, 3.05) is 18.4 Å². The summed E-state index contributed by atoms with van der Waals surface area (Å²) >= 11 is 1.62. The lowest BCUT2D eigenvalue weighted by Crippen LogP contribution is -2.48. The van der Waals surface area contributed by atoms with Crippen molar-refractivity contribution in [1.82, 2.24) is 4.90 Å². The largest absolute Gasteiger partial charge is 0.315 e. The number of carbonyl (C=O) groups excluding carboxylic acids is 1. The van der Waals surface area contributed by atoms with E-state index < -0.39 is 0 Å². The first-order valence-electron chi connectivity index (χ1n) is 9.59. The molecule has 3 atom stereocenters. The van der Waals surface area contributed by atoms with Gasteiger partial charge in [-0.1, -0.05) is 20.3 Å². The van der Waals surface area contributed by atoms with Crippen LogP contribution < -0.4 is 5.32 Å². The number of hydrogen-bond donors (Lipinski definition) is 1. The van der Waals surface area contributed by atoms with E-state index in [2.05, 4.69) is 30.1 Å². The van der Waals surface area contributed by atoms with Crippen LogP contribution in [0.5, 0.6) is 0 Å². The highest BCUT2D eigenvalue weighted by Gasteiger charge is 2.30. The van der Waals surface area contributed by atoms with Gasteiger partial charge in [0.1, 0.15) is 11.1 Å². The van der Waals surface area contributed by atoms with Gasteiger partial charge in [-0.05, 0) is 56.4 Å². The first-order chi connectivity index (χ1) is 12.0. The first-order valence-corrected chi connectivity index (χ1v) is 10.4. The van der Waals surface area contributed by atoms with Crippen LogP contribution in [-0.4, -0.2) is 29.9 Å². The zero-order valence-corrected chi connectivity index (χ0v) is 16.4. The highest BCUT2D eigenvalue weighted by molar-refractivity contribution is 7.16. The van der Waals surface area contributed by atoms with Crippen LogP contribution in [0.2, 0.25) is 0 Å². The molecule has 1 aliphatic heterocycles. The molecule has 1 amide bonds. The SMILES string of the molecule is C[C@@H]1C[C@H](C)CN([C@@H](C)C(=O)Nc2sc3c(c2C#N)CCCCC3)C1. The molecule has 1 aromatic rings. The maximum absolute atomic E-state index is 12.8. The molecule has 0 saturated carbocycles. The predicted molar refractivity (Wildman–Crippen MR) is 103 cm³/mol. The number of nitrogens with zero attached hydrogens (tertiary/aromatic N) is 2. The maximum atomic E-state index is 12.8. The number of nitriles is 1. The Hall–Kier alpha value is -1.38. The number of rotatable bonds is 3. The quantitative estimate of drug-likeness (QED) is 0.823. The van der Waals surface area contributed by atoms with E-state index in [1.165, 1.54) is 29.7 Å². The number of nitrogens with one attached hydrogen (secondary N) is 1. The van der Waals surface area contributed by atoms with E-state index >= 15 is 0 Å². The van der Waals surface area contributed by atoms with Gasteiger partial charge in [-0.15, -0.1) is 11.3 Å². The van der Waals surface area contributed by atoms with E-state index in [0.717, 1.165) is 37.4 Å². The lowest BCUT2D eigenvalue weighted by atomic mass is 9.91.